The second kappa shape index (κ2) is 5.50. The van der Waals surface area contributed by atoms with Gasteiger partial charge in [0.1, 0.15) is 5.69 Å². The number of Topliss-reactive ketones (excluding diaryl/α,β-unsaturated/α-hetero) is 1. The van der Waals surface area contributed by atoms with Crippen LogP contribution in [-0.2, 0) is 19.5 Å². The average Bonchev–Trinajstić information content (AvgIpc) is 2.87. The predicted octanol–water partition coefficient (Wildman–Crippen LogP) is 2.56. The summed E-state index contributed by atoms with van der Waals surface area (Å²) in [7, 11) is 0. The number of benzene rings is 1. The summed E-state index contributed by atoms with van der Waals surface area (Å²) in [5.41, 5.74) is 3.19. The third kappa shape index (κ3) is 2.31. The first-order valence-corrected chi connectivity index (χ1v) is 7.55. The standard InChI is InChI=1S/C15H16BrN3O/c1-2-19-14(12(16)9-18-19)15(20)13-7-10-5-3-4-6-11(10)8-17-13/h3-6,9,13,17H,2,7-8H2,1H3. The molecule has 104 valence electrons. The molecule has 0 bridgehead atoms. The molecule has 0 amide bonds. The number of fused-ring (bicyclic) bond motifs is 1. The summed E-state index contributed by atoms with van der Waals surface area (Å²) in [5.74, 6) is 0.103. The fraction of sp³-hybridized carbons (Fsp3) is 0.333. The number of ketones is 1. The molecule has 0 aliphatic carbocycles. The van der Waals surface area contributed by atoms with Gasteiger partial charge in [0.2, 0.25) is 0 Å². The summed E-state index contributed by atoms with van der Waals surface area (Å²) in [6.45, 7) is 3.42. The first-order valence-electron chi connectivity index (χ1n) is 6.76. The lowest BCUT2D eigenvalue weighted by atomic mass is 9.93. The van der Waals surface area contributed by atoms with Crippen LogP contribution < -0.4 is 5.32 Å². The molecule has 3 rings (SSSR count). The molecule has 0 spiro atoms. The van der Waals surface area contributed by atoms with Crippen LogP contribution in [0.1, 0.15) is 28.5 Å². The molecule has 5 heteroatoms. The molecule has 2 aromatic rings. The van der Waals surface area contributed by atoms with E-state index < -0.39 is 0 Å². The van der Waals surface area contributed by atoms with E-state index in [1.807, 2.05) is 19.1 Å². The van der Waals surface area contributed by atoms with Crippen molar-refractivity contribution in [3.05, 3.63) is 51.8 Å². The van der Waals surface area contributed by atoms with Crippen LogP contribution in [0.5, 0.6) is 0 Å². The summed E-state index contributed by atoms with van der Waals surface area (Å²) < 4.78 is 2.51. The molecule has 1 aromatic heterocycles. The fourth-order valence-corrected chi connectivity index (χ4v) is 3.14. The third-order valence-corrected chi connectivity index (χ3v) is 4.31. The normalized spacial score (nSPS) is 17.8. The maximum Gasteiger partial charge on any atom is 0.199 e. The van der Waals surface area contributed by atoms with Gasteiger partial charge >= 0.3 is 0 Å². The topological polar surface area (TPSA) is 46.9 Å². The highest BCUT2D eigenvalue weighted by Crippen LogP contribution is 2.22. The minimum absolute atomic E-state index is 0.103. The monoisotopic (exact) mass is 333 g/mol. The van der Waals surface area contributed by atoms with Gasteiger partial charge < -0.3 is 5.32 Å². The Bertz CT molecular complexity index is 650. The molecule has 0 radical (unpaired) electrons. The Balaban J connectivity index is 1.88. The van der Waals surface area contributed by atoms with Gasteiger partial charge in [-0.25, -0.2) is 0 Å². The van der Waals surface area contributed by atoms with Gasteiger partial charge in [-0.2, -0.15) is 5.10 Å². The van der Waals surface area contributed by atoms with Gasteiger partial charge in [-0.05, 0) is 40.4 Å². The SMILES string of the molecule is CCn1ncc(Br)c1C(=O)C1Cc2ccccc2CN1. The second-order valence-corrected chi connectivity index (χ2v) is 5.78. The quantitative estimate of drug-likeness (QED) is 0.878. The molecule has 0 saturated carbocycles. The van der Waals surface area contributed by atoms with Crippen LogP contribution >= 0.6 is 15.9 Å². The van der Waals surface area contributed by atoms with Crippen LogP contribution in [0.25, 0.3) is 0 Å². The molecular weight excluding hydrogens is 318 g/mol. The largest absolute Gasteiger partial charge is 0.303 e. The number of nitrogens with one attached hydrogen (secondary N) is 1. The lowest BCUT2D eigenvalue weighted by Gasteiger charge is -2.25. The number of hydrogen-bond acceptors (Lipinski definition) is 3. The third-order valence-electron chi connectivity index (χ3n) is 3.73. The lowest BCUT2D eigenvalue weighted by Crippen LogP contribution is -2.42. The first kappa shape index (κ1) is 13.5. The van der Waals surface area contributed by atoms with E-state index in [9.17, 15) is 4.79 Å². The zero-order valence-corrected chi connectivity index (χ0v) is 12.9. The Labute approximate surface area is 126 Å². The number of carbonyl (C=O) groups excluding carboxylic acids is 1. The van der Waals surface area contributed by atoms with Gasteiger partial charge in [0.25, 0.3) is 0 Å². The smallest absolute Gasteiger partial charge is 0.199 e. The molecule has 1 aliphatic rings. The van der Waals surface area contributed by atoms with E-state index in [2.05, 4.69) is 38.5 Å². The lowest BCUT2D eigenvalue weighted by molar-refractivity contribution is 0.0926. The highest BCUT2D eigenvalue weighted by Gasteiger charge is 2.28. The van der Waals surface area contributed by atoms with E-state index in [4.69, 9.17) is 0 Å². The first-order chi connectivity index (χ1) is 9.70. The van der Waals surface area contributed by atoms with Gasteiger partial charge in [0, 0.05) is 13.1 Å². The summed E-state index contributed by atoms with van der Waals surface area (Å²) in [5, 5.41) is 7.55. The van der Waals surface area contributed by atoms with Crippen LogP contribution in [0.2, 0.25) is 0 Å². The van der Waals surface area contributed by atoms with E-state index in [1.54, 1.807) is 10.9 Å². The van der Waals surface area contributed by atoms with Crippen molar-refractivity contribution in [2.75, 3.05) is 0 Å². The van der Waals surface area contributed by atoms with E-state index in [0.717, 1.165) is 17.4 Å². The van der Waals surface area contributed by atoms with Crippen molar-refractivity contribution in [2.45, 2.75) is 32.5 Å². The Hall–Kier alpha value is -1.46. The number of nitrogens with zero attached hydrogens (tertiary/aromatic N) is 2. The van der Waals surface area contributed by atoms with Gasteiger partial charge in [-0.15, -0.1) is 0 Å². The van der Waals surface area contributed by atoms with Gasteiger partial charge in [-0.1, -0.05) is 24.3 Å². The Morgan fingerprint density at radius 3 is 2.95 bits per heavy atom. The van der Waals surface area contributed by atoms with Crippen molar-refractivity contribution in [1.82, 2.24) is 15.1 Å². The van der Waals surface area contributed by atoms with Crippen LogP contribution in [-0.4, -0.2) is 21.6 Å². The molecule has 0 fully saturated rings. The number of aromatic nitrogens is 2. The van der Waals surface area contributed by atoms with Crippen molar-refractivity contribution >= 4 is 21.7 Å². The number of aryl methyl sites for hydroxylation is 1. The van der Waals surface area contributed by atoms with E-state index in [-0.39, 0.29) is 11.8 Å². The molecule has 1 aromatic carbocycles. The molecule has 0 saturated heterocycles. The van der Waals surface area contributed by atoms with E-state index >= 15 is 0 Å². The van der Waals surface area contributed by atoms with Gasteiger partial charge in [0.05, 0.1) is 16.7 Å². The van der Waals surface area contributed by atoms with E-state index in [1.165, 1.54) is 11.1 Å². The predicted molar refractivity (Wildman–Crippen MR) is 80.7 cm³/mol. The van der Waals surface area contributed by atoms with Crippen LogP contribution in [0.4, 0.5) is 0 Å². The average molecular weight is 334 g/mol. The molecule has 1 N–H and O–H groups in total. The Morgan fingerprint density at radius 2 is 2.20 bits per heavy atom. The summed E-state index contributed by atoms with van der Waals surface area (Å²) in [4.78, 5) is 12.7. The van der Waals surface area contributed by atoms with E-state index in [0.29, 0.717) is 12.2 Å². The van der Waals surface area contributed by atoms with Crippen molar-refractivity contribution < 1.29 is 4.79 Å². The van der Waals surface area contributed by atoms with Crippen LogP contribution in [0, 0.1) is 0 Å². The zero-order chi connectivity index (χ0) is 14.1. The summed E-state index contributed by atoms with van der Waals surface area (Å²) in [6, 6.07) is 8.09. The highest BCUT2D eigenvalue weighted by molar-refractivity contribution is 9.10. The minimum Gasteiger partial charge on any atom is -0.303 e. The number of halogens is 1. The summed E-state index contributed by atoms with van der Waals surface area (Å²) >= 11 is 3.42. The molecule has 4 nitrogen and oxygen atoms in total. The molecule has 20 heavy (non-hydrogen) atoms. The van der Waals surface area contributed by atoms with Gasteiger partial charge in [0.15, 0.2) is 5.78 Å². The number of carbonyl (C=O) groups is 1. The number of rotatable bonds is 3. The number of hydrogen-bond donors (Lipinski definition) is 1. The van der Waals surface area contributed by atoms with Gasteiger partial charge in [-0.3, -0.25) is 9.48 Å². The Kier molecular flexibility index (Phi) is 3.72. The highest BCUT2D eigenvalue weighted by atomic mass is 79.9. The van der Waals surface area contributed by atoms with Crippen molar-refractivity contribution in [3.8, 4) is 0 Å². The molecule has 1 unspecified atom stereocenters. The zero-order valence-electron chi connectivity index (χ0n) is 11.3. The maximum absolute atomic E-state index is 12.7. The second-order valence-electron chi connectivity index (χ2n) is 4.93. The molecular formula is C15H16BrN3O. The molecule has 1 aliphatic heterocycles. The van der Waals surface area contributed by atoms with Crippen molar-refractivity contribution in [3.63, 3.8) is 0 Å². The maximum atomic E-state index is 12.7. The summed E-state index contributed by atoms with van der Waals surface area (Å²) in [6.07, 6.45) is 2.42. The van der Waals surface area contributed by atoms with Crippen LogP contribution in [0.15, 0.2) is 34.9 Å². The van der Waals surface area contributed by atoms with Crippen molar-refractivity contribution in [2.24, 2.45) is 0 Å². The minimum atomic E-state index is -0.178. The van der Waals surface area contributed by atoms with Crippen LogP contribution in [0.3, 0.4) is 0 Å². The van der Waals surface area contributed by atoms with Crippen molar-refractivity contribution in [1.29, 1.82) is 0 Å². The fourth-order valence-electron chi connectivity index (χ4n) is 2.65. The molecule has 2 heterocycles. The molecule has 1 atom stereocenters. The Morgan fingerprint density at radius 1 is 1.45 bits per heavy atom.